The number of ether oxygens (including phenoxy) is 2. The predicted molar refractivity (Wildman–Crippen MR) is 123 cm³/mol. The van der Waals surface area contributed by atoms with Crippen LogP contribution < -0.4 is 14.9 Å². The van der Waals surface area contributed by atoms with Crippen LogP contribution in [0.25, 0.3) is 0 Å². The second kappa shape index (κ2) is 10.9. The lowest BCUT2D eigenvalue weighted by atomic mass is 10.2. The van der Waals surface area contributed by atoms with Gasteiger partial charge in [-0.1, -0.05) is 39.1 Å². The van der Waals surface area contributed by atoms with Crippen molar-refractivity contribution in [2.75, 3.05) is 6.61 Å². The first kappa shape index (κ1) is 22.8. The largest absolute Gasteiger partial charge is 0.482 e. The van der Waals surface area contributed by atoms with Gasteiger partial charge in [-0.25, -0.2) is 10.2 Å². The Morgan fingerprint density at radius 3 is 2.39 bits per heavy atom. The van der Waals surface area contributed by atoms with E-state index < -0.39 is 11.9 Å². The molecule has 0 heterocycles. The molecule has 0 saturated carbocycles. The molecule has 0 radical (unpaired) electrons. The monoisotopic (exact) mass is 520 g/mol. The molecule has 0 aromatic heterocycles. The molecular formula is C22H15BrCl2N2O4. The maximum absolute atomic E-state index is 12.1. The summed E-state index contributed by atoms with van der Waals surface area (Å²) in [6.45, 7) is -0.260. The summed E-state index contributed by atoms with van der Waals surface area (Å²) in [5.41, 5.74) is 3.49. The van der Waals surface area contributed by atoms with E-state index in [9.17, 15) is 9.59 Å². The highest BCUT2D eigenvalue weighted by Crippen LogP contribution is 2.27. The van der Waals surface area contributed by atoms with E-state index in [0.29, 0.717) is 32.7 Å². The highest BCUT2D eigenvalue weighted by atomic mass is 79.9. The zero-order valence-electron chi connectivity index (χ0n) is 15.8. The fourth-order valence-electron chi connectivity index (χ4n) is 2.32. The van der Waals surface area contributed by atoms with Crippen LogP contribution in [0.1, 0.15) is 15.9 Å². The van der Waals surface area contributed by atoms with E-state index in [2.05, 4.69) is 26.5 Å². The average molecular weight is 522 g/mol. The summed E-state index contributed by atoms with van der Waals surface area (Å²) in [4.78, 5) is 24.0. The van der Waals surface area contributed by atoms with E-state index >= 15 is 0 Å². The molecule has 0 saturated heterocycles. The smallest absolute Gasteiger partial charge is 0.343 e. The molecule has 3 aromatic carbocycles. The van der Waals surface area contributed by atoms with Crippen LogP contribution in [-0.2, 0) is 4.79 Å². The topological polar surface area (TPSA) is 77.0 Å². The molecule has 158 valence electrons. The third kappa shape index (κ3) is 7.10. The Hall–Kier alpha value is -2.87. The minimum atomic E-state index is -0.457. The van der Waals surface area contributed by atoms with Crippen LogP contribution in [0.15, 0.2) is 76.3 Å². The van der Waals surface area contributed by atoms with E-state index in [0.717, 1.165) is 4.47 Å². The summed E-state index contributed by atoms with van der Waals surface area (Å²) in [5, 5.41) is 4.65. The molecule has 3 rings (SSSR count). The van der Waals surface area contributed by atoms with Crippen LogP contribution in [0.5, 0.6) is 11.5 Å². The maximum atomic E-state index is 12.1. The second-order valence-electron chi connectivity index (χ2n) is 6.12. The molecule has 0 aliphatic heterocycles. The zero-order valence-corrected chi connectivity index (χ0v) is 18.9. The SMILES string of the molecule is O=C(COc1ccc(Cl)cc1Cl)N/N=C\c1ccc(OC(=O)c2ccc(Br)cc2)cc1. The van der Waals surface area contributed by atoms with Gasteiger partial charge in [0, 0.05) is 9.50 Å². The van der Waals surface area contributed by atoms with Crippen LogP contribution >= 0.6 is 39.1 Å². The van der Waals surface area contributed by atoms with Crippen LogP contribution in [0, 0.1) is 0 Å². The molecule has 9 heteroatoms. The number of rotatable bonds is 7. The Morgan fingerprint density at radius 2 is 1.71 bits per heavy atom. The van der Waals surface area contributed by atoms with Crippen LogP contribution in [0.4, 0.5) is 0 Å². The quantitative estimate of drug-likeness (QED) is 0.192. The number of carbonyl (C=O) groups excluding carboxylic acids is 2. The lowest BCUT2D eigenvalue weighted by Gasteiger charge is -2.07. The Bertz CT molecular complexity index is 1100. The van der Waals surface area contributed by atoms with Crippen molar-refractivity contribution in [3.63, 3.8) is 0 Å². The van der Waals surface area contributed by atoms with Crippen molar-refractivity contribution in [2.45, 2.75) is 0 Å². The highest BCUT2D eigenvalue weighted by molar-refractivity contribution is 9.10. The van der Waals surface area contributed by atoms with Crippen molar-refractivity contribution in [3.05, 3.63) is 92.4 Å². The Balaban J connectivity index is 1.47. The minimum Gasteiger partial charge on any atom is -0.482 e. The van der Waals surface area contributed by atoms with Crippen molar-refractivity contribution >= 4 is 57.2 Å². The molecule has 6 nitrogen and oxygen atoms in total. The zero-order chi connectivity index (χ0) is 22.2. The van der Waals surface area contributed by atoms with Crippen molar-refractivity contribution in [1.29, 1.82) is 0 Å². The molecular weight excluding hydrogens is 507 g/mol. The van der Waals surface area contributed by atoms with Crippen LogP contribution in [0.2, 0.25) is 10.0 Å². The van der Waals surface area contributed by atoms with Crippen molar-refractivity contribution in [1.82, 2.24) is 5.43 Å². The number of carbonyl (C=O) groups is 2. The number of esters is 1. The molecule has 1 N–H and O–H groups in total. The van der Waals surface area contributed by atoms with Gasteiger partial charge in [-0.3, -0.25) is 4.79 Å². The molecule has 31 heavy (non-hydrogen) atoms. The van der Waals surface area contributed by atoms with E-state index in [1.807, 2.05) is 0 Å². The summed E-state index contributed by atoms with van der Waals surface area (Å²) in [7, 11) is 0. The first-order valence-electron chi connectivity index (χ1n) is 8.88. The molecule has 0 fully saturated rings. The second-order valence-corrected chi connectivity index (χ2v) is 7.88. The third-order valence-electron chi connectivity index (χ3n) is 3.83. The third-order valence-corrected chi connectivity index (χ3v) is 4.89. The van der Waals surface area contributed by atoms with Gasteiger partial charge in [0.2, 0.25) is 0 Å². The van der Waals surface area contributed by atoms with E-state index in [-0.39, 0.29) is 6.61 Å². The van der Waals surface area contributed by atoms with Gasteiger partial charge in [0.1, 0.15) is 11.5 Å². The molecule has 0 atom stereocenters. The van der Waals surface area contributed by atoms with E-state index in [4.69, 9.17) is 32.7 Å². The summed E-state index contributed by atoms with van der Waals surface area (Å²) in [6, 6.07) is 18.2. The highest BCUT2D eigenvalue weighted by Gasteiger charge is 2.08. The van der Waals surface area contributed by atoms with E-state index in [1.165, 1.54) is 12.3 Å². The number of nitrogens with one attached hydrogen (secondary N) is 1. The van der Waals surface area contributed by atoms with Gasteiger partial charge in [-0.05, 0) is 72.3 Å². The lowest BCUT2D eigenvalue weighted by molar-refractivity contribution is -0.123. The first-order chi connectivity index (χ1) is 14.9. The van der Waals surface area contributed by atoms with Gasteiger partial charge >= 0.3 is 5.97 Å². The van der Waals surface area contributed by atoms with Crippen molar-refractivity contribution < 1.29 is 19.1 Å². The number of halogens is 3. The van der Waals surface area contributed by atoms with Crippen LogP contribution in [0.3, 0.4) is 0 Å². The molecule has 3 aromatic rings. The van der Waals surface area contributed by atoms with Crippen molar-refractivity contribution in [2.24, 2.45) is 5.10 Å². The van der Waals surface area contributed by atoms with Crippen LogP contribution in [-0.4, -0.2) is 24.7 Å². The van der Waals surface area contributed by atoms with Gasteiger partial charge < -0.3 is 9.47 Å². The Kier molecular flexibility index (Phi) is 8.06. The van der Waals surface area contributed by atoms with Gasteiger partial charge in [0.05, 0.1) is 16.8 Å². The fourth-order valence-corrected chi connectivity index (χ4v) is 3.05. The molecule has 0 aliphatic carbocycles. The maximum Gasteiger partial charge on any atom is 0.343 e. The lowest BCUT2D eigenvalue weighted by Crippen LogP contribution is -2.24. The number of nitrogens with zero attached hydrogens (tertiary/aromatic N) is 1. The first-order valence-corrected chi connectivity index (χ1v) is 10.4. The molecule has 1 amide bonds. The normalized spacial score (nSPS) is 10.7. The molecule has 0 aliphatic rings. The fraction of sp³-hybridized carbons (Fsp3) is 0.0455. The van der Waals surface area contributed by atoms with Crippen molar-refractivity contribution in [3.8, 4) is 11.5 Å². The summed E-state index contributed by atoms with van der Waals surface area (Å²) in [5.74, 6) is -0.176. The Labute approximate surface area is 196 Å². The number of hydrogen-bond acceptors (Lipinski definition) is 5. The van der Waals surface area contributed by atoms with Gasteiger partial charge in [0.15, 0.2) is 6.61 Å². The summed E-state index contributed by atoms with van der Waals surface area (Å²) in [6.07, 6.45) is 1.45. The number of benzene rings is 3. The molecule has 0 spiro atoms. The van der Waals surface area contributed by atoms with Gasteiger partial charge in [-0.15, -0.1) is 0 Å². The summed E-state index contributed by atoms with van der Waals surface area (Å²) >= 11 is 15.1. The minimum absolute atomic E-state index is 0.260. The Morgan fingerprint density at radius 1 is 1.00 bits per heavy atom. The average Bonchev–Trinajstić information content (AvgIpc) is 2.75. The standard InChI is InChI=1S/C22H15BrCl2N2O4/c23-16-5-3-15(4-6-16)22(29)31-18-8-1-14(2-9-18)12-26-27-21(28)13-30-20-10-7-17(24)11-19(20)25/h1-12H,13H2,(H,27,28)/b26-12-. The number of amides is 1. The van der Waals surface area contributed by atoms with Gasteiger partial charge in [-0.2, -0.15) is 5.10 Å². The number of hydrogen-bond donors (Lipinski definition) is 1. The molecule has 0 unspecified atom stereocenters. The molecule has 0 bridgehead atoms. The number of hydrazone groups is 1. The predicted octanol–water partition coefficient (Wildman–Crippen LogP) is 5.50. The van der Waals surface area contributed by atoms with E-state index in [1.54, 1.807) is 60.7 Å². The van der Waals surface area contributed by atoms with Gasteiger partial charge in [0.25, 0.3) is 5.91 Å². The summed E-state index contributed by atoms with van der Waals surface area (Å²) < 4.78 is 11.5.